The van der Waals surface area contributed by atoms with E-state index in [0.29, 0.717) is 47.3 Å². The van der Waals surface area contributed by atoms with Crippen LogP contribution in [-0.4, -0.2) is 106 Å². The summed E-state index contributed by atoms with van der Waals surface area (Å²) in [5, 5.41) is 0. The van der Waals surface area contributed by atoms with Gasteiger partial charge in [-0.3, -0.25) is 4.52 Å². The number of esters is 1. The van der Waals surface area contributed by atoms with Gasteiger partial charge < -0.3 is 47.1 Å². The van der Waals surface area contributed by atoms with Crippen molar-refractivity contribution >= 4 is 33.8 Å². The van der Waals surface area contributed by atoms with Crippen LogP contribution in [0, 0.1) is 0 Å². The maximum absolute atomic E-state index is 11.9. The fraction of sp³-hybridized carbons (Fsp3) is 0.469. The molecular weight excluding hydrogens is 650 g/mol. The molecule has 15 heteroatoms. The van der Waals surface area contributed by atoms with E-state index in [1.165, 1.54) is 0 Å². The van der Waals surface area contributed by atoms with Gasteiger partial charge >= 0.3 is 13.8 Å². The van der Waals surface area contributed by atoms with Crippen molar-refractivity contribution in [2.24, 2.45) is 0 Å². The Morgan fingerprint density at radius 2 is 1.23 bits per heavy atom. The summed E-state index contributed by atoms with van der Waals surface area (Å²) >= 11 is 0. The zero-order valence-electron chi connectivity index (χ0n) is 28.1. The Labute approximate surface area is 278 Å². The highest BCUT2D eigenvalue weighted by Crippen LogP contribution is 2.38. The molecule has 0 heterocycles. The summed E-state index contributed by atoms with van der Waals surface area (Å²) < 4.78 is 43.0. The first-order chi connectivity index (χ1) is 21.6. The summed E-state index contributed by atoms with van der Waals surface area (Å²) in [6.07, 6.45) is 2.57. The predicted molar refractivity (Wildman–Crippen MR) is 177 cm³/mol. The monoisotopic (exact) mass is 700 g/mol. The number of phosphoric acid groups is 2. The second-order valence-electron chi connectivity index (χ2n) is 12.9. The second-order valence-corrected chi connectivity index (χ2v) is 15.2. The van der Waals surface area contributed by atoms with Crippen LogP contribution in [0.25, 0.3) is 12.2 Å². The van der Waals surface area contributed by atoms with E-state index in [1.54, 1.807) is 36.4 Å². The maximum atomic E-state index is 11.9. The molecule has 0 bridgehead atoms. The lowest BCUT2D eigenvalue weighted by Gasteiger charge is -2.36. The second kappa shape index (κ2) is 19.5. The van der Waals surface area contributed by atoms with Crippen molar-refractivity contribution in [2.45, 2.75) is 31.7 Å². The van der Waals surface area contributed by atoms with E-state index in [-0.39, 0.29) is 13.0 Å². The molecule has 0 spiro atoms. The molecule has 47 heavy (non-hydrogen) atoms. The van der Waals surface area contributed by atoms with Crippen LogP contribution in [0.4, 0.5) is 0 Å². The minimum Gasteiger partial charge on any atom is -0.790 e. The van der Waals surface area contributed by atoms with Gasteiger partial charge in [-0.25, -0.2) is 9.36 Å². The average Bonchev–Trinajstić information content (AvgIpc) is 2.92. The number of benzene rings is 2. The van der Waals surface area contributed by atoms with E-state index in [4.69, 9.17) is 23.8 Å². The third-order valence-corrected chi connectivity index (χ3v) is 7.32. The number of carbonyl (C=O) groups excluding carboxylic acids is 1. The molecule has 0 aliphatic heterocycles. The molecule has 0 aliphatic rings. The number of nitrogens with zero attached hydrogens (tertiary/aromatic N) is 2. The number of phosphoric ester groups is 2. The summed E-state index contributed by atoms with van der Waals surface area (Å²) in [5.41, 5.74) is 3.34. The first-order valence-electron chi connectivity index (χ1n) is 14.8. The molecule has 0 aromatic heterocycles. The molecule has 2 aromatic carbocycles. The molecule has 0 aliphatic carbocycles. The van der Waals surface area contributed by atoms with Crippen molar-refractivity contribution < 1.29 is 61.0 Å². The molecule has 264 valence electrons. The zero-order valence-corrected chi connectivity index (χ0v) is 29.9. The standard InChI is InChI=1S/C16H24NO6P.C16H26NO5P/c1-5-13-6-8-14(9-7-13)16(18)22-11-10-15(12-17(2,3)4)23-24(19,20)21;1-5-14-6-8-15(9-7-14)13-21-11-10-16(12-17(2,3)4)22-23(18,19)20/h5-9,15H,1,10-12H2,2-4H3,(H-,19,20,21);5-9,16H,1,10-13H2,2-4H3,(H-,18,19,20). The van der Waals surface area contributed by atoms with Gasteiger partial charge in [-0.1, -0.05) is 61.7 Å². The summed E-state index contributed by atoms with van der Waals surface area (Å²) in [4.78, 5) is 51.6. The molecule has 2 unspecified atom stereocenters. The molecular formula is C32H50N2O11P2. The molecule has 13 nitrogen and oxygen atoms in total. The first-order valence-corrected chi connectivity index (χ1v) is 17.8. The van der Waals surface area contributed by atoms with Crippen LogP contribution in [0.2, 0.25) is 0 Å². The van der Waals surface area contributed by atoms with Crippen molar-refractivity contribution in [1.82, 2.24) is 0 Å². The quantitative estimate of drug-likeness (QED) is 0.0953. The van der Waals surface area contributed by atoms with Gasteiger partial charge in [0.25, 0.3) is 0 Å². The van der Waals surface area contributed by atoms with Crippen LogP contribution in [0.3, 0.4) is 0 Å². The van der Waals surface area contributed by atoms with E-state index in [2.05, 4.69) is 17.7 Å². The first kappa shape index (κ1) is 42.5. The van der Waals surface area contributed by atoms with E-state index in [0.717, 1.165) is 16.7 Å². The minimum atomic E-state index is -5.00. The zero-order chi connectivity index (χ0) is 35.9. The molecule has 0 saturated heterocycles. The fourth-order valence-electron chi connectivity index (χ4n) is 4.23. The number of hydrogen-bond donors (Lipinski definition) is 2. The van der Waals surface area contributed by atoms with Gasteiger partial charge in [0.1, 0.15) is 25.3 Å². The molecule has 2 rings (SSSR count). The van der Waals surface area contributed by atoms with Gasteiger partial charge in [-0.2, -0.15) is 0 Å². The average molecular weight is 701 g/mol. The van der Waals surface area contributed by atoms with Crippen molar-refractivity contribution in [3.05, 3.63) is 83.9 Å². The van der Waals surface area contributed by atoms with Crippen LogP contribution in [0.15, 0.2) is 61.7 Å². The lowest BCUT2D eigenvalue weighted by atomic mass is 10.1. The van der Waals surface area contributed by atoms with Crippen LogP contribution in [0.1, 0.15) is 39.9 Å². The Kier molecular flexibility index (Phi) is 17.6. The van der Waals surface area contributed by atoms with Gasteiger partial charge in [0.05, 0.1) is 68.9 Å². The Morgan fingerprint density at radius 3 is 1.66 bits per heavy atom. The van der Waals surface area contributed by atoms with E-state index in [9.17, 15) is 23.7 Å². The molecule has 0 radical (unpaired) electrons. The van der Waals surface area contributed by atoms with Crippen LogP contribution in [0.5, 0.6) is 0 Å². The van der Waals surface area contributed by atoms with Crippen LogP contribution in [-0.2, 0) is 34.3 Å². The van der Waals surface area contributed by atoms with Gasteiger partial charge in [0.2, 0.25) is 0 Å². The van der Waals surface area contributed by atoms with Crippen LogP contribution >= 0.6 is 15.6 Å². The van der Waals surface area contributed by atoms with E-state index < -0.39 is 33.8 Å². The number of carbonyl (C=O) groups is 1. The Morgan fingerprint density at radius 1 is 0.787 bits per heavy atom. The molecule has 2 N–H and O–H groups in total. The van der Waals surface area contributed by atoms with Gasteiger partial charge in [-0.15, -0.1) is 0 Å². The van der Waals surface area contributed by atoms with Crippen molar-refractivity contribution in [2.75, 3.05) is 68.6 Å². The summed E-state index contributed by atoms with van der Waals surface area (Å²) in [7, 11) is 1.74. The lowest BCUT2D eigenvalue weighted by molar-refractivity contribution is -0.873. The summed E-state index contributed by atoms with van der Waals surface area (Å²) in [6, 6.07) is 14.5. The fourth-order valence-corrected chi connectivity index (χ4v) is 5.33. The highest BCUT2D eigenvalue weighted by Gasteiger charge is 2.27. The SMILES string of the molecule is C=Cc1ccc(C(=O)OCCC(C[N+](C)(C)C)OP(=O)(O)O)cc1.C=Cc1ccc(COCCC(C[N+](C)(C)C)OP(=O)([O-])[O-])cc1. The predicted octanol–water partition coefficient (Wildman–Crippen LogP) is 3.22. The molecule has 0 amide bonds. The van der Waals surface area contributed by atoms with E-state index >= 15 is 0 Å². The van der Waals surface area contributed by atoms with Gasteiger partial charge in [0.15, 0.2) is 0 Å². The topological polar surface area (TPSA) is 175 Å². The molecule has 0 saturated carbocycles. The number of quaternary nitrogens is 2. The largest absolute Gasteiger partial charge is 0.790 e. The Bertz CT molecular complexity index is 1340. The molecule has 0 fully saturated rings. The van der Waals surface area contributed by atoms with E-state index in [1.807, 2.05) is 66.6 Å². The summed E-state index contributed by atoms with van der Waals surface area (Å²) in [6.45, 7) is 8.85. The summed E-state index contributed by atoms with van der Waals surface area (Å²) in [5.74, 6) is -0.495. The Balaban J connectivity index is 0.000000470. The smallest absolute Gasteiger partial charge is 0.470 e. The number of likely N-dealkylation sites (N-methyl/N-ethyl adjacent to an activating group) is 2. The molecule has 2 atom stereocenters. The number of ether oxygens (including phenoxy) is 2. The van der Waals surface area contributed by atoms with Crippen molar-refractivity contribution in [1.29, 1.82) is 0 Å². The maximum Gasteiger partial charge on any atom is 0.470 e. The highest BCUT2D eigenvalue weighted by molar-refractivity contribution is 7.46. The van der Waals surface area contributed by atoms with Crippen molar-refractivity contribution in [3.63, 3.8) is 0 Å². The van der Waals surface area contributed by atoms with Gasteiger partial charge in [0, 0.05) is 19.4 Å². The van der Waals surface area contributed by atoms with Gasteiger partial charge in [-0.05, 0) is 28.8 Å². The lowest BCUT2D eigenvalue weighted by Crippen LogP contribution is -2.43. The highest BCUT2D eigenvalue weighted by atomic mass is 31.2. The van der Waals surface area contributed by atoms with Crippen LogP contribution < -0.4 is 9.79 Å². The Hall–Kier alpha value is -2.51. The number of hydrogen-bond acceptors (Lipinski definition) is 9. The molecule has 2 aromatic rings. The third-order valence-electron chi connectivity index (χ3n) is 6.19. The van der Waals surface area contributed by atoms with Crippen molar-refractivity contribution in [3.8, 4) is 0 Å². The number of rotatable bonds is 19. The normalized spacial score (nSPS) is 13.6. The third kappa shape index (κ3) is 21.9. The minimum absolute atomic E-state index is 0.00666.